The first-order chi connectivity index (χ1) is 8.29. The van der Waals surface area contributed by atoms with Crippen molar-refractivity contribution in [2.45, 2.75) is 25.3 Å². The summed E-state index contributed by atoms with van der Waals surface area (Å²) < 4.78 is 5.33. The van der Waals surface area contributed by atoms with E-state index in [0.717, 1.165) is 50.5 Å². The summed E-state index contributed by atoms with van der Waals surface area (Å²) in [7, 11) is 0. The van der Waals surface area contributed by atoms with E-state index in [-0.39, 0.29) is 11.5 Å². The van der Waals surface area contributed by atoms with Gasteiger partial charge in [-0.1, -0.05) is 0 Å². The third kappa shape index (κ3) is 2.77. The number of nitrogens with zero attached hydrogens (tertiary/aromatic N) is 1. The summed E-state index contributed by atoms with van der Waals surface area (Å²) in [6, 6.07) is 0. The number of carbonyl (C=O) groups is 1. The summed E-state index contributed by atoms with van der Waals surface area (Å²) in [5, 5.41) is 3.34. The molecule has 0 bridgehead atoms. The van der Waals surface area contributed by atoms with Gasteiger partial charge in [-0.3, -0.25) is 9.69 Å². The van der Waals surface area contributed by atoms with Gasteiger partial charge in [0.15, 0.2) is 0 Å². The van der Waals surface area contributed by atoms with Crippen molar-refractivity contribution < 1.29 is 9.53 Å². The van der Waals surface area contributed by atoms with Crippen LogP contribution in [0.4, 0.5) is 0 Å². The molecule has 0 aromatic carbocycles. The molecule has 0 aromatic heterocycles. The van der Waals surface area contributed by atoms with Crippen molar-refractivity contribution in [1.29, 1.82) is 0 Å². The Labute approximate surface area is 107 Å². The minimum atomic E-state index is -0.330. The lowest BCUT2D eigenvalue weighted by atomic mass is 9.89. The zero-order valence-corrected chi connectivity index (χ0v) is 11.4. The van der Waals surface area contributed by atoms with Gasteiger partial charge in [0.25, 0.3) is 0 Å². The lowest BCUT2D eigenvalue weighted by Crippen LogP contribution is -2.62. The van der Waals surface area contributed by atoms with Gasteiger partial charge in [-0.25, -0.2) is 0 Å². The van der Waals surface area contributed by atoms with Crippen LogP contribution in [0.2, 0.25) is 0 Å². The molecule has 0 aliphatic carbocycles. The smallest absolute Gasteiger partial charge is 0.326 e. The van der Waals surface area contributed by atoms with Crippen LogP contribution in [0, 0.1) is 0 Å². The highest BCUT2D eigenvalue weighted by atomic mass is 32.2. The van der Waals surface area contributed by atoms with Gasteiger partial charge in [-0.05, 0) is 31.3 Å². The number of thioether (sulfide) groups is 1. The largest absolute Gasteiger partial charge is 0.465 e. The van der Waals surface area contributed by atoms with Crippen molar-refractivity contribution in [1.82, 2.24) is 10.2 Å². The molecule has 0 radical (unpaired) electrons. The molecule has 0 amide bonds. The van der Waals surface area contributed by atoms with Crippen LogP contribution in [0.15, 0.2) is 0 Å². The van der Waals surface area contributed by atoms with Crippen molar-refractivity contribution in [2.24, 2.45) is 0 Å². The average molecular weight is 258 g/mol. The molecule has 0 aromatic rings. The van der Waals surface area contributed by atoms with Crippen molar-refractivity contribution in [3.63, 3.8) is 0 Å². The van der Waals surface area contributed by atoms with Gasteiger partial charge in [0.05, 0.1) is 6.61 Å². The number of esters is 1. The Balaban J connectivity index is 2.12. The molecule has 2 aliphatic heterocycles. The molecule has 17 heavy (non-hydrogen) atoms. The van der Waals surface area contributed by atoms with Gasteiger partial charge < -0.3 is 10.1 Å². The Morgan fingerprint density at radius 2 is 2.00 bits per heavy atom. The SMILES string of the molecule is CCOC(=O)C1(N2CCNCC2)CCSCC1. The average Bonchev–Trinajstić information content (AvgIpc) is 2.41. The second kappa shape index (κ2) is 6.07. The summed E-state index contributed by atoms with van der Waals surface area (Å²) in [5.41, 5.74) is -0.330. The molecule has 2 heterocycles. The van der Waals surface area contributed by atoms with E-state index in [1.165, 1.54) is 0 Å². The van der Waals surface area contributed by atoms with Crippen LogP contribution in [-0.2, 0) is 9.53 Å². The normalized spacial score (nSPS) is 25.5. The number of ether oxygens (including phenoxy) is 1. The summed E-state index contributed by atoms with van der Waals surface area (Å²) >= 11 is 1.95. The third-order valence-electron chi connectivity index (χ3n) is 3.70. The van der Waals surface area contributed by atoms with Crippen molar-refractivity contribution in [3.05, 3.63) is 0 Å². The fourth-order valence-corrected chi connectivity index (χ4v) is 3.89. The molecular formula is C12H22N2O2S. The number of hydrogen-bond acceptors (Lipinski definition) is 5. The maximum Gasteiger partial charge on any atom is 0.326 e. The van der Waals surface area contributed by atoms with Crippen molar-refractivity contribution in [3.8, 4) is 0 Å². The van der Waals surface area contributed by atoms with E-state index in [1.54, 1.807) is 0 Å². The number of piperazine rings is 1. The van der Waals surface area contributed by atoms with Gasteiger partial charge in [0.1, 0.15) is 5.54 Å². The van der Waals surface area contributed by atoms with Crippen LogP contribution in [0.25, 0.3) is 0 Å². The van der Waals surface area contributed by atoms with E-state index in [9.17, 15) is 4.79 Å². The molecule has 0 saturated carbocycles. The minimum absolute atomic E-state index is 0.00204. The maximum absolute atomic E-state index is 12.3. The van der Waals surface area contributed by atoms with Gasteiger partial charge in [-0.15, -0.1) is 0 Å². The summed E-state index contributed by atoms with van der Waals surface area (Å²) in [5.74, 6) is 2.15. The van der Waals surface area contributed by atoms with Gasteiger partial charge in [-0.2, -0.15) is 11.8 Å². The van der Waals surface area contributed by atoms with Crippen LogP contribution in [0.3, 0.4) is 0 Å². The van der Waals surface area contributed by atoms with Crippen LogP contribution in [0.1, 0.15) is 19.8 Å². The van der Waals surface area contributed by atoms with Crippen LogP contribution < -0.4 is 5.32 Å². The third-order valence-corrected chi connectivity index (χ3v) is 4.68. The van der Waals surface area contributed by atoms with E-state index in [0.29, 0.717) is 6.61 Å². The first-order valence-electron chi connectivity index (χ1n) is 6.50. The quantitative estimate of drug-likeness (QED) is 0.756. The lowest BCUT2D eigenvalue weighted by Gasteiger charge is -2.45. The molecule has 0 unspecified atom stereocenters. The topological polar surface area (TPSA) is 41.6 Å². The number of rotatable bonds is 3. The first-order valence-corrected chi connectivity index (χ1v) is 7.66. The van der Waals surface area contributed by atoms with Gasteiger partial charge in [0.2, 0.25) is 0 Å². The summed E-state index contributed by atoms with van der Waals surface area (Å²) in [6.07, 6.45) is 1.88. The Hall–Kier alpha value is -0.260. The van der Waals surface area contributed by atoms with E-state index in [2.05, 4.69) is 10.2 Å². The molecule has 5 heteroatoms. The van der Waals surface area contributed by atoms with Crippen LogP contribution >= 0.6 is 11.8 Å². The maximum atomic E-state index is 12.3. The molecule has 0 spiro atoms. The minimum Gasteiger partial charge on any atom is -0.465 e. The fourth-order valence-electron chi connectivity index (χ4n) is 2.72. The number of carbonyl (C=O) groups excluding carboxylic acids is 1. The highest BCUT2D eigenvalue weighted by Gasteiger charge is 2.46. The molecule has 1 N–H and O–H groups in total. The molecular weight excluding hydrogens is 236 g/mol. The Bertz CT molecular complexity index is 261. The highest BCUT2D eigenvalue weighted by molar-refractivity contribution is 7.99. The molecule has 98 valence electrons. The van der Waals surface area contributed by atoms with Crippen molar-refractivity contribution >= 4 is 17.7 Å². The monoisotopic (exact) mass is 258 g/mol. The standard InChI is InChI=1S/C12H22N2O2S/c1-2-16-11(15)12(3-9-17-10-4-12)14-7-5-13-6-8-14/h13H,2-10H2,1H3. The second-order valence-corrected chi connectivity index (χ2v) is 5.83. The second-order valence-electron chi connectivity index (χ2n) is 4.60. The summed E-state index contributed by atoms with van der Waals surface area (Å²) in [6.45, 7) is 6.26. The van der Waals surface area contributed by atoms with E-state index < -0.39 is 0 Å². The van der Waals surface area contributed by atoms with E-state index in [1.807, 2.05) is 18.7 Å². The predicted molar refractivity (Wildman–Crippen MR) is 70.4 cm³/mol. The molecule has 2 aliphatic rings. The van der Waals surface area contributed by atoms with Gasteiger partial charge >= 0.3 is 5.97 Å². The lowest BCUT2D eigenvalue weighted by molar-refractivity contribution is -0.159. The fraction of sp³-hybridized carbons (Fsp3) is 0.917. The molecule has 2 fully saturated rings. The first kappa shape index (κ1) is 13.2. The van der Waals surface area contributed by atoms with E-state index in [4.69, 9.17) is 4.74 Å². The zero-order valence-electron chi connectivity index (χ0n) is 10.5. The molecule has 4 nitrogen and oxygen atoms in total. The Morgan fingerprint density at radius 3 is 2.59 bits per heavy atom. The van der Waals surface area contributed by atoms with Crippen LogP contribution in [0.5, 0.6) is 0 Å². The molecule has 2 rings (SSSR count). The van der Waals surface area contributed by atoms with Crippen molar-refractivity contribution in [2.75, 3.05) is 44.3 Å². The molecule has 2 saturated heterocycles. The zero-order chi connectivity index (χ0) is 12.1. The summed E-state index contributed by atoms with van der Waals surface area (Å²) in [4.78, 5) is 14.7. The van der Waals surface area contributed by atoms with Crippen LogP contribution in [-0.4, -0.2) is 60.7 Å². The van der Waals surface area contributed by atoms with E-state index >= 15 is 0 Å². The predicted octanol–water partition coefficient (Wildman–Crippen LogP) is 0.720. The number of hydrogen-bond donors (Lipinski definition) is 1. The highest BCUT2D eigenvalue weighted by Crippen LogP contribution is 2.34. The Morgan fingerprint density at radius 1 is 1.35 bits per heavy atom. The van der Waals surface area contributed by atoms with Gasteiger partial charge in [0, 0.05) is 26.2 Å². The Kier molecular flexibility index (Phi) is 4.70. The molecule has 0 atom stereocenters. The number of nitrogens with one attached hydrogen (secondary N) is 1.